The number of halogens is 1. The summed E-state index contributed by atoms with van der Waals surface area (Å²) in [5.41, 5.74) is 6.14. The molecule has 4 nitrogen and oxygen atoms in total. The Labute approximate surface area is 131 Å². The molecule has 1 atom stereocenters. The zero-order valence-electron chi connectivity index (χ0n) is 10.8. The van der Waals surface area contributed by atoms with Crippen molar-refractivity contribution in [2.75, 3.05) is 5.73 Å². The van der Waals surface area contributed by atoms with E-state index in [0.29, 0.717) is 16.6 Å². The minimum atomic E-state index is -3.58. The lowest BCUT2D eigenvalue weighted by molar-refractivity contribution is 0.553. The van der Waals surface area contributed by atoms with Crippen molar-refractivity contribution in [1.29, 1.82) is 0 Å². The predicted octanol–water partition coefficient (Wildman–Crippen LogP) is 3.52. The summed E-state index contributed by atoms with van der Waals surface area (Å²) < 4.78 is 28.2. The Kier molecular flexibility index (Phi) is 4.85. The molecule has 0 bridgehead atoms. The lowest BCUT2D eigenvalue weighted by Crippen LogP contribution is -2.27. The van der Waals surface area contributed by atoms with Gasteiger partial charge in [0.1, 0.15) is 0 Å². The van der Waals surface area contributed by atoms with Crippen LogP contribution >= 0.6 is 27.3 Å². The molecule has 0 amide bonds. The number of sulfonamides is 1. The quantitative estimate of drug-likeness (QED) is 0.786. The van der Waals surface area contributed by atoms with Crippen molar-refractivity contribution in [3.8, 4) is 0 Å². The van der Waals surface area contributed by atoms with Crippen molar-refractivity contribution in [2.45, 2.75) is 24.3 Å². The predicted molar refractivity (Wildman–Crippen MR) is 86.2 cm³/mol. The van der Waals surface area contributed by atoms with Gasteiger partial charge in [-0.05, 0) is 52.0 Å². The molecule has 1 aromatic heterocycles. The lowest BCUT2D eigenvalue weighted by atomic mass is 10.2. The molecule has 3 N–H and O–H groups in total. The molecule has 20 heavy (non-hydrogen) atoms. The first kappa shape index (κ1) is 15.5. The molecule has 108 valence electrons. The third-order valence-corrected chi connectivity index (χ3v) is 6.05. The maximum atomic E-state index is 12.4. The van der Waals surface area contributed by atoms with Gasteiger partial charge in [0.2, 0.25) is 10.0 Å². The van der Waals surface area contributed by atoms with E-state index >= 15 is 0 Å². The lowest BCUT2D eigenvalue weighted by Gasteiger charge is -2.16. The largest absolute Gasteiger partial charge is 0.398 e. The molecule has 1 unspecified atom stereocenters. The molecule has 2 rings (SSSR count). The first-order chi connectivity index (χ1) is 9.44. The smallest absolute Gasteiger partial charge is 0.241 e. The van der Waals surface area contributed by atoms with Crippen LogP contribution in [0.3, 0.4) is 0 Å². The van der Waals surface area contributed by atoms with Gasteiger partial charge >= 0.3 is 0 Å². The van der Waals surface area contributed by atoms with Crippen LogP contribution in [0.2, 0.25) is 0 Å². The van der Waals surface area contributed by atoms with E-state index in [4.69, 9.17) is 5.73 Å². The van der Waals surface area contributed by atoms with Gasteiger partial charge in [-0.25, -0.2) is 13.1 Å². The van der Waals surface area contributed by atoms with E-state index in [2.05, 4.69) is 20.7 Å². The molecule has 0 saturated heterocycles. The highest BCUT2D eigenvalue weighted by atomic mass is 79.9. The second-order valence-corrected chi connectivity index (χ2v) is 7.83. The molecule has 0 radical (unpaired) electrons. The average molecular weight is 375 g/mol. The van der Waals surface area contributed by atoms with Gasteiger partial charge in [-0.15, -0.1) is 11.3 Å². The summed E-state index contributed by atoms with van der Waals surface area (Å²) in [5.74, 6) is 0. The van der Waals surface area contributed by atoms with Gasteiger partial charge in [0.05, 0.1) is 10.9 Å². The Morgan fingerprint density at radius 2 is 2.15 bits per heavy atom. The monoisotopic (exact) mass is 374 g/mol. The van der Waals surface area contributed by atoms with Crippen LogP contribution in [-0.2, 0) is 10.0 Å². The van der Waals surface area contributed by atoms with E-state index < -0.39 is 10.0 Å². The molecule has 0 saturated carbocycles. The summed E-state index contributed by atoms with van der Waals surface area (Å²) in [5, 5.41) is 1.93. The van der Waals surface area contributed by atoms with Crippen molar-refractivity contribution in [1.82, 2.24) is 4.72 Å². The van der Waals surface area contributed by atoms with Gasteiger partial charge in [0, 0.05) is 15.0 Å². The van der Waals surface area contributed by atoms with E-state index in [1.807, 2.05) is 24.4 Å². The summed E-state index contributed by atoms with van der Waals surface area (Å²) in [6.07, 6.45) is 0.686. The number of anilines is 1. The molecule has 0 fully saturated rings. The van der Waals surface area contributed by atoms with Crippen molar-refractivity contribution in [3.05, 3.63) is 45.1 Å². The minimum absolute atomic E-state index is 0.174. The molecule has 2 aromatic rings. The zero-order valence-corrected chi connectivity index (χ0v) is 14.1. The van der Waals surface area contributed by atoms with Gasteiger partial charge in [0.15, 0.2) is 0 Å². The van der Waals surface area contributed by atoms with E-state index in [0.717, 1.165) is 4.88 Å². The van der Waals surface area contributed by atoms with Crippen LogP contribution < -0.4 is 10.5 Å². The maximum Gasteiger partial charge on any atom is 0.241 e. The maximum absolute atomic E-state index is 12.4. The van der Waals surface area contributed by atoms with E-state index in [9.17, 15) is 8.42 Å². The standard InChI is InChI=1S/C13H15BrN2O2S2/c1-2-12(13-4-3-7-19-13)16-20(17,18)9-5-6-10(14)11(15)8-9/h3-8,12,16H,2,15H2,1H3. The van der Waals surface area contributed by atoms with E-state index in [1.165, 1.54) is 23.5 Å². The molecule has 7 heteroatoms. The highest BCUT2D eigenvalue weighted by Gasteiger charge is 2.21. The zero-order chi connectivity index (χ0) is 14.8. The summed E-state index contributed by atoms with van der Waals surface area (Å²) in [6, 6.07) is 8.24. The van der Waals surface area contributed by atoms with Gasteiger partial charge in [-0.2, -0.15) is 0 Å². The first-order valence-corrected chi connectivity index (χ1v) is 9.20. The first-order valence-electron chi connectivity index (χ1n) is 6.05. The molecule has 0 aliphatic heterocycles. The van der Waals surface area contributed by atoms with Crippen LogP contribution in [-0.4, -0.2) is 8.42 Å². The average Bonchev–Trinajstić information content (AvgIpc) is 2.93. The Morgan fingerprint density at radius 1 is 1.40 bits per heavy atom. The third-order valence-electron chi connectivity index (χ3n) is 2.87. The summed E-state index contributed by atoms with van der Waals surface area (Å²) in [4.78, 5) is 1.18. The van der Waals surface area contributed by atoms with Crippen LogP contribution in [0.15, 0.2) is 45.1 Å². The number of nitrogens with one attached hydrogen (secondary N) is 1. The van der Waals surface area contributed by atoms with Crippen LogP contribution in [0.25, 0.3) is 0 Å². The number of rotatable bonds is 5. The topological polar surface area (TPSA) is 72.2 Å². The normalized spacial score (nSPS) is 13.3. The van der Waals surface area contributed by atoms with E-state index in [-0.39, 0.29) is 10.9 Å². The van der Waals surface area contributed by atoms with Gasteiger partial charge in [-0.3, -0.25) is 0 Å². The molecule has 0 spiro atoms. The molecular weight excluding hydrogens is 360 g/mol. The summed E-state index contributed by atoms with van der Waals surface area (Å²) in [6.45, 7) is 1.95. The minimum Gasteiger partial charge on any atom is -0.398 e. The third kappa shape index (κ3) is 3.41. The van der Waals surface area contributed by atoms with Crippen molar-refractivity contribution < 1.29 is 8.42 Å². The fraction of sp³-hybridized carbons (Fsp3) is 0.231. The second kappa shape index (κ2) is 6.26. The van der Waals surface area contributed by atoms with Crippen molar-refractivity contribution in [3.63, 3.8) is 0 Å². The van der Waals surface area contributed by atoms with Crippen LogP contribution in [0, 0.1) is 0 Å². The fourth-order valence-electron chi connectivity index (χ4n) is 1.78. The molecule has 1 heterocycles. The Balaban J connectivity index is 2.28. The SMILES string of the molecule is CCC(NS(=O)(=O)c1ccc(Br)c(N)c1)c1cccs1. The van der Waals surface area contributed by atoms with Crippen LogP contribution in [0.5, 0.6) is 0 Å². The Hall–Kier alpha value is -0.890. The number of hydrogen-bond donors (Lipinski definition) is 2. The fourth-order valence-corrected chi connectivity index (χ4v) is 4.29. The molecular formula is C13H15BrN2O2S2. The van der Waals surface area contributed by atoms with Gasteiger partial charge in [-0.1, -0.05) is 13.0 Å². The highest BCUT2D eigenvalue weighted by Crippen LogP contribution is 2.26. The molecule has 1 aromatic carbocycles. The number of hydrogen-bond acceptors (Lipinski definition) is 4. The molecule has 0 aliphatic carbocycles. The number of nitrogen functional groups attached to an aromatic ring is 1. The van der Waals surface area contributed by atoms with Crippen molar-refractivity contribution >= 4 is 43.0 Å². The highest BCUT2D eigenvalue weighted by molar-refractivity contribution is 9.10. The number of benzene rings is 1. The van der Waals surface area contributed by atoms with Crippen molar-refractivity contribution in [2.24, 2.45) is 0 Å². The summed E-state index contributed by atoms with van der Waals surface area (Å²) in [7, 11) is -3.58. The molecule has 0 aliphatic rings. The number of thiophene rings is 1. The number of nitrogens with two attached hydrogens (primary N) is 1. The second-order valence-electron chi connectivity index (χ2n) is 4.28. The van der Waals surface area contributed by atoms with E-state index in [1.54, 1.807) is 6.07 Å². The Bertz CT molecular complexity index is 684. The Morgan fingerprint density at radius 3 is 2.70 bits per heavy atom. The van der Waals surface area contributed by atoms with Gasteiger partial charge in [0.25, 0.3) is 0 Å². The van der Waals surface area contributed by atoms with Crippen LogP contribution in [0.4, 0.5) is 5.69 Å². The summed E-state index contributed by atoms with van der Waals surface area (Å²) >= 11 is 4.79. The van der Waals surface area contributed by atoms with Gasteiger partial charge < -0.3 is 5.73 Å². The van der Waals surface area contributed by atoms with Crippen LogP contribution in [0.1, 0.15) is 24.3 Å².